The number of nitrogens with one attached hydrogen (secondary N) is 1. The molecule has 0 bridgehead atoms. The van der Waals surface area contributed by atoms with Gasteiger partial charge in [0.05, 0.1) is 4.88 Å². The van der Waals surface area contributed by atoms with E-state index in [-0.39, 0.29) is 16.4 Å². The second kappa shape index (κ2) is 6.47. The number of benzene rings is 1. The first-order valence-electron chi connectivity index (χ1n) is 8.05. The van der Waals surface area contributed by atoms with Crippen molar-refractivity contribution in [3.8, 4) is 10.6 Å². The van der Waals surface area contributed by atoms with Gasteiger partial charge in [0.2, 0.25) is 0 Å². The van der Waals surface area contributed by atoms with Gasteiger partial charge in [0, 0.05) is 13.1 Å². The number of hydrogen-bond donors (Lipinski definition) is 1. The third kappa shape index (κ3) is 3.40. The van der Waals surface area contributed by atoms with Crippen LogP contribution in [0.15, 0.2) is 46.7 Å². The number of halogens is 3. The second-order valence-corrected chi connectivity index (χ2v) is 9.39. The zero-order chi connectivity index (χ0) is 19.2. The third-order valence-corrected chi connectivity index (χ3v) is 7.83. The van der Waals surface area contributed by atoms with E-state index < -0.39 is 21.9 Å². The summed E-state index contributed by atoms with van der Waals surface area (Å²) in [4.78, 5) is 0.359. The summed E-state index contributed by atoms with van der Waals surface area (Å²) in [6.45, 7) is 0.652. The maximum Gasteiger partial charge on any atom is 0.432 e. The SMILES string of the molecule is O=S(=O)(c1ccc(-c2cc(C(F)(F)F)[nH]n2)s1)N1CCc2ccccc2C1. The lowest BCUT2D eigenvalue weighted by Gasteiger charge is -2.27. The van der Waals surface area contributed by atoms with E-state index in [2.05, 4.69) is 5.10 Å². The average molecular weight is 413 g/mol. The highest BCUT2D eigenvalue weighted by Crippen LogP contribution is 2.35. The summed E-state index contributed by atoms with van der Waals surface area (Å²) in [5.74, 6) is 0. The van der Waals surface area contributed by atoms with Crippen LogP contribution in [0.4, 0.5) is 13.2 Å². The lowest BCUT2D eigenvalue weighted by atomic mass is 10.0. The van der Waals surface area contributed by atoms with Gasteiger partial charge >= 0.3 is 6.18 Å². The maximum absolute atomic E-state index is 12.9. The molecule has 0 atom stereocenters. The number of fused-ring (bicyclic) bond motifs is 1. The van der Waals surface area contributed by atoms with Crippen molar-refractivity contribution in [1.82, 2.24) is 14.5 Å². The van der Waals surface area contributed by atoms with E-state index in [0.29, 0.717) is 17.8 Å². The van der Waals surface area contributed by atoms with Crippen LogP contribution in [0.5, 0.6) is 0 Å². The highest BCUT2D eigenvalue weighted by Gasteiger charge is 2.34. The minimum atomic E-state index is -4.53. The monoisotopic (exact) mass is 413 g/mol. The van der Waals surface area contributed by atoms with Gasteiger partial charge in [0.25, 0.3) is 10.0 Å². The first-order chi connectivity index (χ1) is 12.7. The molecule has 1 aromatic carbocycles. The zero-order valence-corrected chi connectivity index (χ0v) is 15.5. The highest BCUT2D eigenvalue weighted by atomic mass is 32.2. The predicted molar refractivity (Wildman–Crippen MR) is 94.6 cm³/mol. The Labute approximate surface area is 157 Å². The molecule has 142 valence electrons. The molecule has 0 saturated heterocycles. The molecule has 3 heterocycles. The standard InChI is InChI=1S/C17H14F3N3O2S2/c18-17(19,20)15-9-13(21-22-15)14-5-6-16(26-14)27(24,25)23-8-7-11-3-1-2-4-12(11)10-23/h1-6,9H,7-8,10H2,(H,21,22). The number of rotatable bonds is 3. The van der Waals surface area contributed by atoms with Gasteiger partial charge in [-0.2, -0.15) is 22.6 Å². The smallest absolute Gasteiger partial charge is 0.273 e. The van der Waals surface area contributed by atoms with E-state index in [1.165, 1.54) is 16.4 Å². The molecular weight excluding hydrogens is 399 g/mol. The van der Waals surface area contributed by atoms with Crippen molar-refractivity contribution in [2.45, 2.75) is 23.4 Å². The molecule has 0 saturated carbocycles. The quantitative estimate of drug-likeness (QED) is 0.708. The fraction of sp³-hybridized carbons (Fsp3) is 0.235. The number of H-pyrrole nitrogens is 1. The van der Waals surface area contributed by atoms with Crippen LogP contribution in [0.25, 0.3) is 10.6 Å². The molecular formula is C17H14F3N3O2S2. The molecule has 1 N–H and O–H groups in total. The summed E-state index contributed by atoms with van der Waals surface area (Å²) in [6.07, 6.45) is -3.90. The summed E-state index contributed by atoms with van der Waals surface area (Å²) >= 11 is 0.912. The Bertz CT molecular complexity index is 1090. The molecule has 1 aliphatic rings. The van der Waals surface area contributed by atoms with E-state index in [9.17, 15) is 21.6 Å². The summed E-state index contributed by atoms with van der Waals surface area (Å²) in [5, 5.41) is 5.59. The Hall–Kier alpha value is -2.17. The molecule has 0 fully saturated rings. The van der Waals surface area contributed by atoms with E-state index in [0.717, 1.165) is 28.5 Å². The summed E-state index contributed by atoms with van der Waals surface area (Å²) in [6, 6.07) is 11.4. The lowest BCUT2D eigenvalue weighted by molar-refractivity contribution is -0.141. The van der Waals surface area contributed by atoms with Crippen LogP contribution in [0, 0.1) is 0 Å². The second-order valence-electron chi connectivity index (χ2n) is 6.14. The number of alkyl halides is 3. The molecule has 27 heavy (non-hydrogen) atoms. The molecule has 0 spiro atoms. The molecule has 0 aliphatic carbocycles. The number of sulfonamides is 1. The van der Waals surface area contributed by atoms with Crippen molar-refractivity contribution in [3.05, 3.63) is 59.3 Å². The third-order valence-electron chi connectivity index (χ3n) is 4.41. The van der Waals surface area contributed by atoms with Gasteiger partial charge < -0.3 is 0 Å². The van der Waals surface area contributed by atoms with Crippen molar-refractivity contribution in [2.75, 3.05) is 6.54 Å². The number of nitrogens with zero attached hydrogens (tertiary/aromatic N) is 2. The zero-order valence-electron chi connectivity index (χ0n) is 13.8. The molecule has 0 unspecified atom stereocenters. The number of aromatic amines is 1. The largest absolute Gasteiger partial charge is 0.432 e. The van der Waals surface area contributed by atoms with Crippen LogP contribution in [0.2, 0.25) is 0 Å². The van der Waals surface area contributed by atoms with Gasteiger partial charge in [-0.05, 0) is 35.7 Å². The first-order valence-corrected chi connectivity index (χ1v) is 10.3. The normalized spacial score (nSPS) is 15.7. The van der Waals surface area contributed by atoms with Crippen LogP contribution in [-0.4, -0.2) is 29.5 Å². The summed E-state index contributed by atoms with van der Waals surface area (Å²) in [5.41, 5.74) is 1.19. The van der Waals surface area contributed by atoms with E-state index in [1.54, 1.807) is 0 Å². The number of thiophene rings is 1. The summed E-state index contributed by atoms with van der Waals surface area (Å²) < 4.78 is 65.5. The van der Waals surface area contributed by atoms with E-state index in [4.69, 9.17) is 0 Å². The van der Waals surface area contributed by atoms with Gasteiger partial charge in [0.1, 0.15) is 15.6 Å². The van der Waals surface area contributed by atoms with Gasteiger partial charge in [0.15, 0.2) is 0 Å². The Kier molecular flexibility index (Phi) is 4.36. The number of aromatic nitrogens is 2. The van der Waals surface area contributed by atoms with Crippen LogP contribution in [0.3, 0.4) is 0 Å². The van der Waals surface area contributed by atoms with Crippen molar-refractivity contribution < 1.29 is 21.6 Å². The van der Waals surface area contributed by atoms with Gasteiger partial charge in [-0.25, -0.2) is 8.42 Å². The van der Waals surface area contributed by atoms with Gasteiger partial charge in [-0.1, -0.05) is 24.3 Å². The van der Waals surface area contributed by atoms with Crippen molar-refractivity contribution >= 4 is 21.4 Å². The predicted octanol–water partition coefficient (Wildman–Crippen LogP) is 3.90. The molecule has 10 heteroatoms. The van der Waals surface area contributed by atoms with E-state index in [1.807, 2.05) is 29.4 Å². The maximum atomic E-state index is 12.9. The van der Waals surface area contributed by atoms with Crippen molar-refractivity contribution in [3.63, 3.8) is 0 Å². The summed E-state index contributed by atoms with van der Waals surface area (Å²) in [7, 11) is -3.72. The lowest BCUT2D eigenvalue weighted by Crippen LogP contribution is -2.35. The Balaban J connectivity index is 1.60. The van der Waals surface area contributed by atoms with Gasteiger partial charge in [-0.15, -0.1) is 11.3 Å². The Morgan fingerprint density at radius 2 is 1.85 bits per heavy atom. The van der Waals surface area contributed by atoms with E-state index >= 15 is 0 Å². The topological polar surface area (TPSA) is 66.1 Å². The minimum absolute atomic E-state index is 0.0674. The van der Waals surface area contributed by atoms with Crippen molar-refractivity contribution in [1.29, 1.82) is 0 Å². The Morgan fingerprint density at radius 3 is 2.56 bits per heavy atom. The highest BCUT2D eigenvalue weighted by molar-refractivity contribution is 7.91. The molecule has 1 aliphatic heterocycles. The number of hydrogen-bond acceptors (Lipinski definition) is 4. The van der Waals surface area contributed by atoms with Crippen LogP contribution in [-0.2, 0) is 29.2 Å². The molecule has 0 radical (unpaired) electrons. The minimum Gasteiger partial charge on any atom is -0.273 e. The fourth-order valence-electron chi connectivity index (χ4n) is 2.99. The average Bonchev–Trinajstić information content (AvgIpc) is 3.30. The molecule has 3 aromatic rings. The van der Waals surface area contributed by atoms with Gasteiger partial charge in [-0.3, -0.25) is 5.10 Å². The Morgan fingerprint density at radius 1 is 1.11 bits per heavy atom. The molecule has 4 rings (SSSR count). The first kappa shape index (κ1) is 18.2. The van der Waals surface area contributed by atoms with Crippen LogP contribution in [0.1, 0.15) is 16.8 Å². The molecule has 2 aromatic heterocycles. The van der Waals surface area contributed by atoms with Crippen LogP contribution < -0.4 is 0 Å². The molecule has 0 amide bonds. The van der Waals surface area contributed by atoms with Crippen molar-refractivity contribution in [2.24, 2.45) is 0 Å². The molecule has 5 nitrogen and oxygen atoms in total. The fourth-order valence-corrected chi connectivity index (χ4v) is 5.83. The van der Waals surface area contributed by atoms with Crippen LogP contribution >= 0.6 is 11.3 Å².